The van der Waals surface area contributed by atoms with Gasteiger partial charge >= 0.3 is 0 Å². The Balaban J connectivity index is -0.000000247. The van der Waals surface area contributed by atoms with Gasteiger partial charge in [0.15, 0.2) is 0 Å². The molecule has 70 heavy (non-hydrogen) atoms. The Morgan fingerprint density at radius 2 is 0.900 bits per heavy atom. The van der Waals surface area contributed by atoms with Crippen LogP contribution < -0.4 is 0 Å². The summed E-state index contributed by atoms with van der Waals surface area (Å²) in [4.78, 5) is 0. The number of benzene rings is 5. The smallest absolute Gasteiger partial charge is 0 e. The second-order valence-electron chi connectivity index (χ2n) is 19.3. The van der Waals surface area contributed by atoms with Crippen molar-refractivity contribution in [1.82, 2.24) is 0 Å². The first-order valence-corrected chi connectivity index (χ1v) is 23.5. The second kappa shape index (κ2) is 40.3. The SMILES string of the molecule is C[C-]=C(C)c1[c-]c(C)c(C)cc1C.C[C-]=Cc1[c-]c(C)cc(C)c1C.Cc1[c-]c(C(C)[C-](C)C)c(C)cc1C.Cc1[c-]c(C[C-](C)C)c(C)c(C)c1.Cc1[c-]c(C[C-](C)C)c(C)cc1C.[Y].[Y].[Y].[Y].[Y]. The molecule has 0 fully saturated rings. The van der Waals surface area contributed by atoms with Crippen molar-refractivity contribution in [3.63, 3.8) is 0 Å². The normalized spacial score (nSPS) is 10.8. The summed E-state index contributed by atoms with van der Waals surface area (Å²) >= 11 is 0. The van der Waals surface area contributed by atoms with Gasteiger partial charge in [0, 0.05) is 164 Å². The van der Waals surface area contributed by atoms with E-state index in [1.165, 1.54) is 129 Å². The third-order valence-electron chi connectivity index (χ3n) is 12.3. The number of hydrogen-bond acceptors (Lipinski definition) is 0. The molecule has 1 atom stereocenters. The quantitative estimate of drug-likeness (QED) is 0.136. The molecule has 0 nitrogen and oxygen atoms in total. The number of aryl methyl sites for hydroxylation is 13. The van der Waals surface area contributed by atoms with E-state index in [4.69, 9.17) is 0 Å². The van der Waals surface area contributed by atoms with Crippen molar-refractivity contribution < 1.29 is 164 Å². The third kappa shape index (κ3) is 28.5. The van der Waals surface area contributed by atoms with E-state index < -0.39 is 0 Å². The molecule has 5 heteroatoms. The Morgan fingerprint density at radius 3 is 1.36 bits per heavy atom. The molecule has 0 heterocycles. The van der Waals surface area contributed by atoms with Crippen molar-refractivity contribution in [2.45, 2.75) is 192 Å². The van der Waals surface area contributed by atoms with Crippen molar-refractivity contribution in [2.75, 3.05) is 0 Å². The average Bonchev–Trinajstić information content (AvgIpc) is 3.20. The molecule has 5 aromatic carbocycles. The summed E-state index contributed by atoms with van der Waals surface area (Å²) in [5, 5.41) is 0. The Labute approximate surface area is 560 Å². The Hall–Kier alpha value is 1.10. The molecule has 0 aliphatic heterocycles. The van der Waals surface area contributed by atoms with Crippen LogP contribution >= 0.6 is 0 Å². The molecule has 0 N–H and O–H groups in total. The average molecular weight is 1310 g/mol. The first-order valence-electron chi connectivity index (χ1n) is 23.5. The summed E-state index contributed by atoms with van der Waals surface area (Å²) in [6, 6.07) is 28.2. The van der Waals surface area contributed by atoms with Gasteiger partial charge in [0.05, 0.1) is 0 Å². The van der Waals surface area contributed by atoms with Gasteiger partial charge in [-0.15, -0.1) is 38.0 Å². The maximum absolute atomic E-state index is 3.50. The van der Waals surface area contributed by atoms with Gasteiger partial charge in [-0.1, -0.05) is 111 Å². The van der Waals surface area contributed by atoms with Crippen molar-refractivity contribution >= 4 is 11.6 Å². The van der Waals surface area contributed by atoms with Crippen LogP contribution in [0.5, 0.6) is 0 Å². The van der Waals surface area contributed by atoms with Crippen LogP contribution in [0.1, 0.15) is 186 Å². The van der Waals surface area contributed by atoms with E-state index in [1.54, 1.807) is 0 Å². The molecule has 0 saturated heterocycles. The van der Waals surface area contributed by atoms with Gasteiger partial charge in [0.1, 0.15) is 0 Å². The summed E-state index contributed by atoms with van der Waals surface area (Å²) in [5.74, 6) is 4.87. The van der Waals surface area contributed by atoms with Crippen LogP contribution in [0.15, 0.2) is 30.3 Å². The molecule has 0 amide bonds. The van der Waals surface area contributed by atoms with Gasteiger partial charge < -0.3 is 47.1 Å². The van der Waals surface area contributed by atoms with Gasteiger partial charge in [0.2, 0.25) is 0 Å². The van der Waals surface area contributed by atoms with Crippen LogP contribution in [0, 0.1) is 164 Å². The van der Waals surface area contributed by atoms with Crippen LogP contribution in [0.25, 0.3) is 11.6 Å². The van der Waals surface area contributed by atoms with Gasteiger partial charge in [-0.3, -0.25) is 5.56 Å². The van der Waals surface area contributed by atoms with Crippen LogP contribution in [0.3, 0.4) is 0 Å². The molecule has 5 radical (unpaired) electrons. The summed E-state index contributed by atoms with van der Waals surface area (Å²) in [5.41, 5.74) is 27.3. The Kier molecular flexibility index (Phi) is 46.1. The van der Waals surface area contributed by atoms with Crippen LogP contribution in [0.4, 0.5) is 0 Å². The fourth-order valence-corrected chi connectivity index (χ4v) is 7.38. The standard InChI is InChI=1S/C14H20.2C13H18.C13H16.C12H14.5Y/c1-9(2)13(6)14-8-11(4)10(3)7-12(14)5;1-9(2)6-13-8-11(4)10(3)7-12(13)5;1-9(2)6-13-8-10(3)7-11(4)12(13)5;1-6-9(2)13-8-11(4)10(3)7-12(13)5;1-5-6-12-8-9(2)7-10(3)11(12)4;;;;;/h7,13H,1-6H3;2*7H,6H2,1-5H3;7H,1-5H3;6-7H,1-4H3;;;;;/q5*-2;;;;;. The zero-order valence-electron chi connectivity index (χ0n) is 48.8. The van der Waals surface area contributed by atoms with E-state index in [1.807, 2.05) is 19.9 Å². The Bertz CT molecular complexity index is 2360. The number of rotatable bonds is 8. The van der Waals surface area contributed by atoms with Gasteiger partial charge in [-0.2, -0.15) is 181 Å². The number of hydrogen-bond donors (Lipinski definition) is 0. The molecule has 1 unspecified atom stereocenters. The molecule has 5 rings (SSSR count). The predicted molar refractivity (Wildman–Crippen MR) is 288 cm³/mol. The zero-order valence-corrected chi connectivity index (χ0v) is 63.0. The first-order chi connectivity index (χ1) is 30.1. The molecule has 0 aliphatic carbocycles. The topological polar surface area (TPSA) is 0 Å². The predicted octanol–water partition coefficient (Wildman–Crippen LogP) is 18.1. The minimum absolute atomic E-state index is 0. The summed E-state index contributed by atoms with van der Waals surface area (Å²) in [6.45, 7) is 53.3. The molecule has 0 saturated carbocycles. The van der Waals surface area contributed by atoms with Crippen LogP contribution in [-0.2, 0) is 176 Å². The Morgan fingerprint density at radius 1 is 0.486 bits per heavy atom. The van der Waals surface area contributed by atoms with Gasteiger partial charge in [-0.25, -0.2) is 23.3 Å². The largest absolute Gasteiger partial charge is 0.330 e. The fourth-order valence-electron chi connectivity index (χ4n) is 7.38. The molecule has 0 aromatic heterocycles. The summed E-state index contributed by atoms with van der Waals surface area (Å²) < 4.78 is 0. The summed E-state index contributed by atoms with van der Waals surface area (Å²) in [7, 11) is 0. The van der Waals surface area contributed by atoms with E-state index >= 15 is 0 Å². The van der Waals surface area contributed by atoms with E-state index in [0.717, 1.165) is 18.4 Å². The van der Waals surface area contributed by atoms with E-state index in [0.29, 0.717) is 5.92 Å². The molecular weight excluding hydrogens is 1230 g/mol. The minimum Gasteiger partial charge on any atom is -0.330 e. The van der Waals surface area contributed by atoms with Crippen molar-refractivity contribution in [3.8, 4) is 0 Å². The zero-order chi connectivity index (χ0) is 50.0. The molecule has 0 aliphatic rings. The van der Waals surface area contributed by atoms with E-state index in [9.17, 15) is 0 Å². The summed E-state index contributed by atoms with van der Waals surface area (Å²) in [6.07, 6.45) is 10.3. The van der Waals surface area contributed by atoms with Crippen molar-refractivity contribution in [1.29, 1.82) is 0 Å². The second-order valence-corrected chi connectivity index (χ2v) is 19.3. The minimum atomic E-state index is 0. The maximum Gasteiger partial charge on any atom is 0 e. The van der Waals surface area contributed by atoms with E-state index in [-0.39, 0.29) is 164 Å². The molecular formula is C65H86Y5-10. The molecule has 5 aromatic rings. The molecule has 0 bridgehead atoms. The monoisotopic (exact) mass is 1310 g/mol. The fraction of sp³-hybridized carbons (Fsp3) is 0.431. The van der Waals surface area contributed by atoms with Crippen LogP contribution in [-0.4, -0.2) is 0 Å². The maximum atomic E-state index is 3.50. The van der Waals surface area contributed by atoms with Gasteiger partial charge in [0.25, 0.3) is 0 Å². The van der Waals surface area contributed by atoms with Crippen LogP contribution in [0.2, 0.25) is 0 Å². The molecule has 0 spiro atoms. The van der Waals surface area contributed by atoms with Crippen molar-refractivity contribution in [2.24, 2.45) is 0 Å². The van der Waals surface area contributed by atoms with Crippen molar-refractivity contribution in [3.05, 3.63) is 202 Å². The van der Waals surface area contributed by atoms with Gasteiger partial charge in [-0.05, 0) is 0 Å². The number of allylic oxidation sites excluding steroid dienone is 3. The van der Waals surface area contributed by atoms with E-state index in [2.05, 4.69) is 232 Å². The first kappa shape index (κ1) is 80.0. The molecule has 371 valence electrons. The third-order valence-corrected chi connectivity index (χ3v) is 12.3.